The molecule has 0 unspecified atom stereocenters. The highest BCUT2D eigenvalue weighted by Crippen LogP contribution is 2.25. The number of carbonyl (C=O) groups excluding carboxylic acids is 1. The Kier molecular flexibility index (Phi) is 4.57. The minimum atomic E-state index is -0.545. The van der Waals surface area contributed by atoms with Crippen LogP contribution in [0.3, 0.4) is 0 Å². The number of aromatic nitrogens is 3. The molecule has 0 spiro atoms. The van der Waals surface area contributed by atoms with Gasteiger partial charge in [-0.25, -0.2) is 14.6 Å². The first kappa shape index (κ1) is 17.1. The monoisotopic (exact) mass is 343 g/mol. The summed E-state index contributed by atoms with van der Waals surface area (Å²) in [5, 5.41) is 0.284. The maximum absolute atomic E-state index is 12.3. The van der Waals surface area contributed by atoms with Crippen molar-refractivity contribution in [3.8, 4) is 0 Å². The molecule has 0 bridgehead atoms. The van der Waals surface area contributed by atoms with Crippen LogP contribution in [-0.2, 0) is 18.8 Å². The zero-order valence-electron chi connectivity index (χ0n) is 14.6. The summed E-state index contributed by atoms with van der Waals surface area (Å²) in [5.74, 6) is 0.217. The minimum absolute atomic E-state index is 0.0924. The second-order valence-corrected chi connectivity index (χ2v) is 6.55. The van der Waals surface area contributed by atoms with E-state index in [-0.39, 0.29) is 16.7 Å². The number of fused-ring (bicyclic) bond motifs is 1. The summed E-state index contributed by atoms with van der Waals surface area (Å²) in [6.07, 6.45) is 6.14. The van der Waals surface area contributed by atoms with Crippen LogP contribution in [0.2, 0.25) is 0 Å². The smallest absolute Gasteiger partial charge is 0.357 e. The molecule has 2 atom stereocenters. The van der Waals surface area contributed by atoms with E-state index < -0.39 is 17.2 Å². The molecular formula is C18H21N3O4. The molecule has 0 N–H and O–H groups in total. The molecule has 25 heavy (non-hydrogen) atoms. The maximum Gasteiger partial charge on any atom is 0.357 e. The Balaban J connectivity index is 1.86. The highest BCUT2D eigenvalue weighted by Gasteiger charge is 2.21. The van der Waals surface area contributed by atoms with Gasteiger partial charge in [0.05, 0.1) is 12.0 Å². The molecule has 0 aromatic carbocycles. The van der Waals surface area contributed by atoms with Crippen LogP contribution in [0.5, 0.6) is 0 Å². The van der Waals surface area contributed by atoms with Crippen molar-refractivity contribution in [1.82, 2.24) is 14.1 Å². The first-order chi connectivity index (χ1) is 11.9. The van der Waals surface area contributed by atoms with Crippen LogP contribution in [0, 0.1) is 11.8 Å². The van der Waals surface area contributed by atoms with Crippen molar-refractivity contribution in [1.29, 1.82) is 0 Å². The summed E-state index contributed by atoms with van der Waals surface area (Å²) in [6, 6.07) is 2.97. The number of hydrogen-bond donors (Lipinski definition) is 0. The summed E-state index contributed by atoms with van der Waals surface area (Å²) < 4.78 is 7.67. The maximum atomic E-state index is 12.3. The number of pyridine rings is 1. The van der Waals surface area contributed by atoms with Crippen LogP contribution in [0.15, 0.2) is 33.9 Å². The van der Waals surface area contributed by atoms with E-state index in [0.29, 0.717) is 18.4 Å². The van der Waals surface area contributed by atoms with Gasteiger partial charge in [0.15, 0.2) is 5.69 Å². The Hall–Kier alpha value is -2.70. The Labute approximate surface area is 144 Å². The molecule has 2 aromatic heterocycles. The molecule has 0 fully saturated rings. The number of hydrogen-bond acceptors (Lipinski definition) is 5. The molecule has 2 heterocycles. The Bertz CT molecular complexity index is 971. The van der Waals surface area contributed by atoms with Crippen LogP contribution in [0.1, 0.15) is 30.3 Å². The average molecular weight is 343 g/mol. The van der Waals surface area contributed by atoms with E-state index in [4.69, 9.17) is 4.74 Å². The molecule has 3 rings (SSSR count). The Morgan fingerprint density at radius 3 is 2.64 bits per heavy atom. The Morgan fingerprint density at radius 2 is 1.92 bits per heavy atom. The van der Waals surface area contributed by atoms with Crippen molar-refractivity contribution in [2.75, 3.05) is 6.61 Å². The van der Waals surface area contributed by atoms with Crippen molar-refractivity contribution >= 4 is 17.0 Å². The van der Waals surface area contributed by atoms with Gasteiger partial charge in [0.2, 0.25) is 0 Å². The lowest BCUT2D eigenvalue weighted by atomic mass is 9.85. The molecule has 1 aliphatic rings. The fourth-order valence-electron chi connectivity index (χ4n) is 3.06. The largest absolute Gasteiger partial charge is 0.461 e. The van der Waals surface area contributed by atoms with Gasteiger partial charge in [-0.15, -0.1) is 0 Å². The van der Waals surface area contributed by atoms with Crippen LogP contribution in [0.4, 0.5) is 0 Å². The van der Waals surface area contributed by atoms with E-state index in [9.17, 15) is 14.4 Å². The van der Waals surface area contributed by atoms with Gasteiger partial charge in [0.1, 0.15) is 5.65 Å². The fourth-order valence-corrected chi connectivity index (χ4v) is 3.06. The summed E-state index contributed by atoms with van der Waals surface area (Å²) >= 11 is 0. The molecule has 1 aliphatic carbocycles. The number of carbonyl (C=O) groups is 1. The third kappa shape index (κ3) is 3.14. The number of aryl methyl sites for hydroxylation is 1. The van der Waals surface area contributed by atoms with Crippen molar-refractivity contribution in [2.45, 2.75) is 19.8 Å². The van der Waals surface area contributed by atoms with E-state index in [0.717, 1.165) is 17.4 Å². The second-order valence-electron chi connectivity index (χ2n) is 6.55. The second kappa shape index (κ2) is 6.66. The molecule has 7 heteroatoms. The summed E-state index contributed by atoms with van der Waals surface area (Å²) in [5.41, 5.74) is -0.655. The van der Waals surface area contributed by atoms with Gasteiger partial charge in [-0.3, -0.25) is 13.9 Å². The summed E-state index contributed by atoms with van der Waals surface area (Å²) in [4.78, 5) is 40.6. The molecule has 0 saturated heterocycles. The molecule has 0 aliphatic heterocycles. The SMILES string of the molecule is C[C@@H]1CC=CC[C@H]1COC(=O)c1ccc2c(=O)n(C)c(=O)n(C)c2n1. The summed E-state index contributed by atoms with van der Waals surface area (Å²) in [6.45, 7) is 2.47. The first-order valence-electron chi connectivity index (χ1n) is 8.29. The lowest BCUT2D eigenvalue weighted by Gasteiger charge is -2.24. The van der Waals surface area contributed by atoms with Gasteiger partial charge in [0.25, 0.3) is 5.56 Å². The molecule has 7 nitrogen and oxygen atoms in total. The van der Waals surface area contributed by atoms with Gasteiger partial charge in [0, 0.05) is 14.1 Å². The van der Waals surface area contributed by atoms with Gasteiger partial charge < -0.3 is 4.74 Å². The Morgan fingerprint density at radius 1 is 1.20 bits per heavy atom. The van der Waals surface area contributed by atoms with E-state index in [1.165, 1.54) is 30.8 Å². The third-order valence-corrected chi connectivity index (χ3v) is 4.86. The number of rotatable bonds is 3. The number of ether oxygens (including phenoxy) is 1. The third-order valence-electron chi connectivity index (χ3n) is 4.86. The zero-order chi connectivity index (χ0) is 18.1. The normalized spacial score (nSPS) is 20.0. The quantitative estimate of drug-likeness (QED) is 0.621. The van der Waals surface area contributed by atoms with Crippen LogP contribution >= 0.6 is 0 Å². The molecule has 0 saturated carbocycles. The molecule has 2 aromatic rings. The van der Waals surface area contributed by atoms with E-state index in [2.05, 4.69) is 24.1 Å². The zero-order valence-corrected chi connectivity index (χ0v) is 14.6. The van der Waals surface area contributed by atoms with E-state index in [1.54, 1.807) is 0 Å². The van der Waals surface area contributed by atoms with Crippen molar-refractivity contribution < 1.29 is 9.53 Å². The lowest BCUT2D eigenvalue weighted by Crippen LogP contribution is -2.37. The predicted molar refractivity (Wildman–Crippen MR) is 93.5 cm³/mol. The van der Waals surface area contributed by atoms with Crippen molar-refractivity contribution in [3.05, 3.63) is 50.8 Å². The fraction of sp³-hybridized carbons (Fsp3) is 0.444. The number of esters is 1. The van der Waals surface area contributed by atoms with Crippen molar-refractivity contribution in [3.63, 3.8) is 0 Å². The first-order valence-corrected chi connectivity index (χ1v) is 8.29. The van der Waals surface area contributed by atoms with Gasteiger partial charge in [-0.1, -0.05) is 19.1 Å². The van der Waals surface area contributed by atoms with Crippen LogP contribution in [-0.4, -0.2) is 26.7 Å². The molecule has 0 amide bonds. The standard InChI is InChI=1S/C18H21N3O4/c1-11-6-4-5-7-12(11)10-25-17(23)14-9-8-13-15(19-14)20(2)18(24)21(3)16(13)22/h4-5,8-9,11-12H,6-7,10H2,1-3H3/t11-,12+/m1/s1. The highest BCUT2D eigenvalue weighted by molar-refractivity contribution is 5.90. The molecular weight excluding hydrogens is 322 g/mol. The van der Waals surface area contributed by atoms with Gasteiger partial charge in [-0.2, -0.15) is 0 Å². The van der Waals surface area contributed by atoms with Gasteiger partial charge >= 0.3 is 11.7 Å². The topological polar surface area (TPSA) is 83.2 Å². The molecule has 0 radical (unpaired) electrons. The minimum Gasteiger partial charge on any atom is -0.461 e. The van der Waals surface area contributed by atoms with E-state index >= 15 is 0 Å². The van der Waals surface area contributed by atoms with Crippen molar-refractivity contribution in [2.24, 2.45) is 25.9 Å². The lowest BCUT2D eigenvalue weighted by molar-refractivity contribution is 0.0389. The highest BCUT2D eigenvalue weighted by atomic mass is 16.5. The summed E-state index contributed by atoms with van der Waals surface area (Å²) in [7, 11) is 2.92. The van der Waals surface area contributed by atoms with Crippen LogP contribution in [0.25, 0.3) is 11.0 Å². The number of allylic oxidation sites excluding steroid dienone is 2. The van der Waals surface area contributed by atoms with E-state index in [1.807, 2.05) is 0 Å². The predicted octanol–water partition coefficient (Wildman–Crippen LogP) is 1.39. The van der Waals surface area contributed by atoms with Gasteiger partial charge in [-0.05, 0) is 36.8 Å². The molecule has 132 valence electrons. The van der Waals surface area contributed by atoms with Crippen LogP contribution < -0.4 is 11.2 Å². The number of nitrogens with zero attached hydrogens (tertiary/aromatic N) is 3. The average Bonchev–Trinajstić information content (AvgIpc) is 2.63.